The van der Waals surface area contributed by atoms with Crippen LogP contribution in [0.5, 0.6) is 0 Å². The van der Waals surface area contributed by atoms with Gasteiger partial charge < -0.3 is 5.32 Å². The molecule has 136 valence electrons. The van der Waals surface area contributed by atoms with Crippen molar-refractivity contribution in [3.63, 3.8) is 0 Å². The van der Waals surface area contributed by atoms with E-state index in [1.807, 2.05) is 31.2 Å². The summed E-state index contributed by atoms with van der Waals surface area (Å²) in [6.45, 7) is 6.11. The molecule has 1 heterocycles. The lowest BCUT2D eigenvalue weighted by Gasteiger charge is -2.42. The van der Waals surface area contributed by atoms with Crippen LogP contribution in [0.25, 0.3) is 0 Å². The van der Waals surface area contributed by atoms with E-state index < -0.39 is 17.2 Å². The first-order chi connectivity index (χ1) is 12.3. The lowest BCUT2D eigenvalue weighted by atomic mass is 9.84. The predicted molar refractivity (Wildman–Crippen MR) is 96.6 cm³/mol. The van der Waals surface area contributed by atoms with Gasteiger partial charge >= 0.3 is 0 Å². The summed E-state index contributed by atoms with van der Waals surface area (Å²) in [6, 6.07) is 11.0. The first kappa shape index (κ1) is 18.2. The highest BCUT2D eigenvalue weighted by atomic mass is 19.1. The average molecular weight is 357 g/mol. The van der Waals surface area contributed by atoms with Crippen LogP contribution >= 0.6 is 0 Å². The van der Waals surface area contributed by atoms with Gasteiger partial charge in [-0.15, -0.1) is 0 Å². The van der Waals surface area contributed by atoms with Gasteiger partial charge in [-0.05, 0) is 43.2 Å². The summed E-state index contributed by atoms with van der Waals surface area (Å²) in [5.41, 5.74) is 1.62. The van der Waals surface area contributed by atoms with E-state index in [0.717, 1.165) is 29.3 Å². The monoisotopic (exact) mass is 357 g/mol. The molecule has 6 heteroatoms. The molecule has 1 N–H and O–H groups in total. The number of hydrogen-bond acceptors (Lipinski definition) is 3. The van der Waals surface area contributed by atoms with Crippen LogP contribution in [0.15, 0.2) is 47.6 Å². The van der Waals surface area contributed by atoms with Gasteiger partial charge in [0, 0.05) is 25.6 Å². The van der Waals surface area contributed by atoms with Crippen LogP contribution < -0.4 is 5.32 Å². The number of amides is 1. The zero-order valence-corrected chi connectivity index (χ0v) is 15.0. The van der Waals surface area contributed by atoms with Gasteiger partial charge in [0.25, 0.3) is 0 Å². The number of carbonyl (C=O) groups excluding carboxylic acids is 1. The van der Waals surface area contributed by atoms with Crippen molar-refractivity contribution in [1.82, 2.24) is 10.3 Å². The molecule has 0 aromatic heterocycles. The maximum absolute atomic E-state index is 14.1. The summed E-state index contributed by atoms with van der Waals surface area (Å²) < 4.78 is 27.6. The summed E-state index contributed by atoms with van der Waals surface area (Å²) in [7, 11) is 0. The molecule has 0 spiro atoms. The summed E-state index contributed by atoms with van der Waals surface area (Å²) in [5, 5.41) is 9.06. The Morgan fingerprint density at radius 3 is 2.65 bits per heavy atom. The van der Waals surface area contributed by atoms with Gasteiger partial charge in [-0.2, -0.15) is 5.10 Å². The molecule has 2 aromatic carbocycles. The van der Waals surface area contributed by atoms with Crippen LogP contribution in [-0.2, 0) is 16.9 Å². The lowest BCUT2D eigenvalue weighted by Crippen LogP contribution is -2.53. The van der Waals surface area contributed by atoms with Crippen LogP contribution in [-0.4, -0.2) is 23.2 Å². The Morgan fingerprint density at radius 2 is 1.92 bits per heavy atom. The fourth-order valence-corrected chi connectivity index (χ4v) is 3.43. The van der Waals surface area contributed by atoms with Gasteiger partial charge in [-0.3, -0.25) is 4.79 Å². The lowest BCUT2D eigenvalue weighted by molar-refractivity contribution is -0.135. The molecule has 2 aromatic rings. The summed E-state index contributed by atoms with van der Waals surface area (Å²) in [4.78, 5) is 12.4. The molecule has 1 unspecified atom stereocenters. The van der Waals surface area contributed by atoms with Gasteiger partial charge in [0.1, 0.15) is 17.2 Å². The van der Waals surface area contributed by atoms with Crippen molar-refractivity contribution in [2.75, 3.05) is 6.54 Å². The molecule has 0 saturated heterocycles. The number of carbonyl (C=O) groups is 1. The Labute approximate surface area is 151 Å². The smallest absolute Gasteiger partial charge is 0.240 e. The van der Waals surface area contributed by atoms with E-state index in [9.17, 15) is 13.6 Å². The molecule has 1 amide bonds. The van der Waals surface area contributed by atoms with Crippen molar-refractivity contribution in [1.29, 1.82) is 0 Å². The van der Waals surface area contributed by atoms with Gasteiger partial charge in [-0.1, -0.05) is 24.3 Å². The maximum atomic E-state index is 14.1. The van der Waals surface area contributed by atoms with Crippen molar-refractivity contribution in [2.24, 2.45) is 5.10 Å². The van der Waals surface area contributed by atoms with Gasteiger partial charge in [-0.25, -0.2) is 13.8 Å². The second-order valence-electron chi connectivity index (χ2n) is 6.67. The number of fused-ring (bicyclic) bond motifs is 1. The molecule has 3 rings (SSSR count). The predicted octanol–water partition coefficient (Wildman–Crippen LogP) is 3.56. The van der Waals surface area contributed by atoms with Crippen LogP contribution in [0.1, 0.15) is 37.5 Å². The summed E-state index contributed by atoms with van der Waals surface area (Å²) >= 11 is 0. The second-order valence-corrected chi connectivity index (χ2v) is 6.67. The molecule has 26 heavy (non-hydrogen) atoms. The molecule has 0 radical (unpaired) electrons. The highest BCUT2D eigenvalue weighted by Gasteiger charge is 2.39. The Hall–Kier alpha value is -2.60. The minimum Gasteiger partial charge on any atom is -0.310 e. The van der Waals surface area contributed by atoms with Crippen LogP contribution in [0.2, 0.25) is 0 Å². The van der Waals surface area contributed by atoms with Gasteiger partial charge in [0.15, 0.2) is 0 Å². The van der Waals surface area contributed by atoms with Crippen LogP contribution in [0.3, 0.4) is 0 Å². The highest BCUT2D eigenvalue weighted by Crippen LogP contribution is 2.34. The number of hydrazone groups is 1. The minimum absolute atomic E-state index is 0.0388. The van der Waals surface area contributed by atoms with E-state index in [1.165, 1.54) is 11.9 Å². The number of nitrogens with zero attached hydrogens (tertiary/aromatic N) is 2. The fraction of sp³-hybridized carbons (Fsp3) is 0.300. The van der Waals surface area contributed by atoms with E-state index in [1.54, 1.807) is 6.92 Å². The molecular formula is C20H21F2N3O. The third kappa shape index (κ3) is 3.24. The molecule has 1 aliphatic heterocycles. The van der Waals surface area contributed by atoms with Crippen molar-refractivity contribution in [3.8, 4) is 0 Å². The van der Waals surface area contributed by atoms with Crippen molar-refractivity contribution in [2.45, 2.75) is 32.9 Å². The SMILES string of the molecule is CC(=O)N(/N=C(\C)c1cc(F)ccc1F)C1(C)CNCc2ccccc21. The first-order valence-corrected chi connectivity index (χ1v) is 8.43. The van der Waals surface area contributed by atoms with Crippen molar-refractivity contribution >= 4 is 11.6 Å². The summed E-state index contributed by atoms with van der Waals surface area (Å²) in [6.07, 6.45) is 0. The molecule has 0 bridgehead atoms. The number of nitrogens with one attached hydrogen (secondary N) is 1. The molecule has 0 saturated carbocycles. The van der Waals surface area contributed by atoms with E-state index >= 15 is 0 Å². The minimum atomic E-state index is -0.730. The van der Waals surface area contributed by atoms with Crippen LogP contribution in [0.4, 0.5) is 8.78 Å². The molecule has 0 aliphatic carbocycles. The molecular weight excluding hydrogens is 336 g/mol. The maximum Gasteiger partial charge on any atom is 0.240 e. The molecule has 0 fully saturated rings. The Kier molecular flexibility index (Phi) is 4.87. The van der Waals surface area contributed by atoms with Crippen LogP contribution in [0, 0.1) is 11.6 Å². The Morgan fingerprint density at radius 1 is 1.19 bits per heavy atom. The second kappa shape index (κ2) is 6.96. The molecule has 4 nitrogen and oxygen atoms in total. The van der Waals surface area contributed by atoms with Gasteiger partial charge in [0.2, 0.25) is 5.91 Å². The fourth-order valence-electron chi connectivity index (χ4n) is 3.43. The quantitative estimate of drug-likeness (QED) is 0.674. The third-order valence-corrected chi connectivity index (χ3v) is 4.72. The Balaban J connectivity index is 2.08. The topological polar surface area (TPSA) is 44.7 Å². The molecule has 1 atom stereocenters. The number of halogens is 2. The van der Waals surface area contributed by atoms with E-state index in [2.05, 4.69) is 10.4 Å². The van der Waals surface area contributed by atoms with Gasteiger partial charge in [0.05, 0.1) is 5.71 Å². The normalized spacial score (nSPS) is 19.8. The number of hydrogen-bond donors (Lipinski definition) is 1. The van der Waals surface area contributed by atoms with E-state index in [0.29, 0.717) is 13.1 Å². The van der Waals surface area contributed by atoms with Crippen molar-refractivity contribution < 1.29 is 13.6 Å². The zero-order valence-electron chi connectivity index (χ0n) is 15.0. The number of benzene rings is 2. The zero-order chi connectivity index (χ0) is 18.9. The van der Waals surface area contributed by atoms with Crippen molar-refractivity contribution in [3.05, 3.63) is 70.8 Å². The summed E-state index contributed by atoms with van der Waals surface area (Å²) in [5.74, 6) is -1.41. The highest BCUT2D eigenvalue weighted by molar-refractivity contribution is 5.99. The first-order valence-electron chi connectivity index (χ1n) is 8.43. The molecule has 1 aliphatic rings. The number of rotatable bonds is 3. The largest absolute Gasteiger partial charge is 0.310 e. The van der Waals surface area contributed by atoms with E-state index in [4.69, 9.17) is 0 Å². The Bertz CT molecular complexity index is 881. The van der Waals surface area contributed by atoms with E-state index in [-0.39, 0.29) is 17.2 Å². The standard InChI is InChI=1S/C20H21F2N3O/c1-13(17-10-16(21)8-9-19(17)22)24-25(14(2)26)20(3)12-23-11-15-6-4-5-7-18(15)20/h4-10,23H,11-12H2,1-3H3/b24-13+. The third-order valence-electron chi connectivity index (χ3n) is 4.72. The average Bonchev–Trinajstić information content (AvgIpc) is 2.61.